The average molecular weight is 300 g/mol. The first-order valence-corrected chi connectivity index (χ1v) is 7.96. The molecule has 0 aliphatic heterocycles. The monoisotopic (exact) mass is 300 g/mol. The van der Waals surface area contributed by atoms with Crippen molar-refractivity contribution in [3.8, 4) is 0 Å². The van der Waals surface area contributed by atoms with Gasteiger partial charge in [-0.3, -0.25) is 4.68 Å². The smallest absolute Gasteiger partial charge is 0.108 e. The summed E-state index contributed by atoms with van der Waals surface area (Å²) in [7, 11) is 1.99. The molecule has 0 spiro atoms. The third kappa shape index (κ3) is 2.71. The standard InChI is InChI=1S/C16H20N4S/c1-10(16-11(2)19-20(4)12(16)3)17-9-15-18-13-7-5-6-8-14(13)21-15/h5-8,10,17H,9H2,1-4H3. The Balaban J connectivity index is 1.74. The molecule has 3 rings (SSSR count). The number of hydrogen-bond acceptors (Lipinski definition) is 4. The maximum Gasteiger partial charge on any atom is 0.108 e. The van der Waals surface area contributed by atoms with E-state index in [1.807, 2.05) is 17.8 Å². The number of nitrogens with one attached hydrogen (secondary N) is 1. The van der Waals surface area contributed by atoms with E-state index in [0.29, 0.717) is 0 Å². The molecule has 1 aromatic carbocycles. The van der Waals surface area contributed by atoms with Gasteiger partial charge in [0.25, 0.3) is 0 Å². The summed E-state index contributed by atoms with van der Waals surface area (Å²) in [6, 6.07) is 8.54. The lowest BCUT2D eigenvalue weighted by molar-refractivity contribution is 0.567. The van der Waals surface area contributed by atoms with Gasteiger partial charge in [0, 0.05) is 30.9 Å². The Morgan fingerprint density at radius 3 is 2.71 bits per heavy atom. The summed E-state index contributed by atoms with van der Waals surface area (Å²) in [6.45, 7) is 7.15. The lowest BCUT2D eigenvalue weighted by Gasteiger charge is -2.13. The Hall–Kier alpha value is -1.72. The van der Waals surface area contributed by atoms with Gasteiger partial charge in [-0.25, -0.2) is 4.98 Å². The largest absolute Gasteiger partial charge is 0.304 e. The number of hydrogen-bond donors (Lipinski definition) is 1. The minimum Gasteiger partial charge on any atom is -0.304 e. The third-order valence-corrected chi connectivity index (χ3v) is 4.93. The summed E-state index contributed by atoms with van der Waals surface area (Å²) < 4.78 is 3.19. The van der Waals surface area contributed by atoms with E-state index in [1.165, 1.54) is 16.0 Å². The summed E-state index contributed by atoms with van der Waals surface area (Å²) in [6.07, 6.45) is 0. The van der Waals surface area contributed by atoms with Gasteiger partial charge in [-0.1, -0.05) is 12.1 Å². The molecule has 5 heteroatoms. The van der Waals surface area contributed by atoms with Crippen LogP contribution in [0.2, 0.25) is 0 Å². The second-order valence-electron chi connectivity index (χ2n) is 5.39. The van der Waals surface area contributed by atoms with Crippen molar-refractivity contribution in [1.82, 2.24) is 20.1 Å². The van der Waals surface area contributed by atoms with Crippen LogP contribution in [0.1, 0.15) is 34.9 Å². The molecule has 0 bridgehead atoms. The molecule has 1 atom stereocenters. The zero-order valence-electron chi connectivity index (χ0n) is 12.8. The lowest BCUT2D eigenvalue weighted by atomic mass is 10.1. The van der Waals surface area contributed by atoms with E-state index in [1.54, 1.807) is 11.3 Å². The maximum absolute atomic E-state index is 4.66. The van der Waals surface area contributed by atoms with Gasteiger partial charge >= 0.3 is 0 Å². The zero-order valence-corrected chi connectivity index (χ0v) is 13.7. The summed E-state index contributed by atoms with van der Waals surface area (Å²) in [5.74, 6) is 0. The number of benzene rings is 1. The Labute approximate surface area is 128 Å². The Morgan fingerprint density at radius 1 is 1.29 bits per heavy atom. The van der Waals surface area contributed by atoms with Crippen LogP contribution in [0.4, 0.5) is 0 Å². The molecule has 0 radical (unpaired) electrons. The second kappa shape index (κ2) is 5.58. The van der Waals surface area contributed by atoms with E-state index in [2.05, 4.69) is 54.4 Å². The number of aromatic nitrogens is 3. The molecule has 21 heavy (non-hydrogen) atoms. The van der Waals surface area contributed by atoms with E-state index >= 15 is 0 Å². The molecule has 0 aliphatic rings. The van der Waals surface area contributed by atoms with Gasteiger partial charge in [0.05, 0.1) is 15.9 Å². The average Bonchev–Trinajstić information content (AvgIpc) is 2.97. The molecule has 2 heterocycles. The highest BCUT2D eigenvalue weighted by Crippen LogP contribution is 2.24. The predicted octanol–water partition coefficient (Wildman–Crippen LogP) is 3.50. The van der Waals surface area contributed by atoms with E-state index in [9.17, 15) is 0 Å². The first-order valence-electron chi connectivity index (χ1n) is 7.14. The van der Waals surface area contributed by atoms with E-state index < -0.39 is 0 Å². The van der Waals surface area contributed by atoms with Crippen LogP contribution in [-0.4, -0.2) is 14.8 Å². The zero-order chi connectivity index (χ0) is 15.0. The summed E-state index contributed by atoms with van der Waals surface area (Å²) in [5, 5.41) is 9.18. The first kappa shape index (κ1) is 14.2. The Kier molecular flexibility index (Phi) is 3.78. The highest BCUT2D eigenvalue weighted by atomic mass is 32.1. The quantitative estimate of drug-likeness (QED) is 0.802. The van der Waals surface area contributed by atoms with Crippen LogP contribution >= 0.6 is 11.3 Å². The number of thiazole rings is 1. The van der Waals surface area contributed by atoms with E-state index in [4.69, 9.17) is 0 Å². The van der Waals surface area contributed by atoms with Gasteiger partial charge in [-0.05, 0) is 32.9 Å². The van der Waals surface area contributed by atoms with Crippen LogP contribution in [0.15, 0.2) is 24.3 Å². The van der Waals surface area contributed by atoms with Crippen LogP contribution in [-0.2, 0) is 13.6 Å². The minimum absolute atomic E-state index is 0.269. The van der Waals surface area contributed by atoms with Crippen molar-refractivity contribution in [2.24, 2.45) is 7.05 Å². The topological polar surface area (TPSA) is 42.7 Å². The molecule has 1 N–H and O–H groups in total. The number of fused-ring (bicyclic) bond motifs is 1. The molecular weight excluding hydrogens is 280 g/mol. The molecule has 0 saturated carbocycles. The SMILES string of the molecule is Cc1nn(C)c(C)c1C(C)NCc1nc2ccccc2s1. The highest BCUT2D eigenvalue weighted by Gasteiger charge is 2.16. The van der Waals surface area contributed by atoms with Crippen LogP contribution in [0, 0.1) is 13.8 Å². The van der Waals surface area contributed by atoms with Gasteiger partial charge in [-0.15, -0.1) is 11.3 Å². The van der Waals surface area contributed by atoms with Crippen LogP contribution in [0.25, 0.3) is 10.2 Å². The van der Waals surface area contributed by atoms with Crippen molar-refractivity contribution in [3.63, 3.8) is 0 Å². The molecule has 4 nitrogen and oxygen atoms in total. The molecule has 0 aliphatic carbocycles. The second-order valence-corrected chi connectivity index (χ2v) is 6.50. The van der Waals surface area contributed by atoms with Crippen molar-refractivity contribution < 1.29 is 0 Å². The summed E-state index contributed by atoms with van der Waals surface area (Å²) in [5.41, 5.74) is 4.69. The Bertz CT molecular complexity index is 739. The highest BCUT2D eigenvalue weighted by molar-refractivity contribution is 7.18. The maximum atomic E-state index is 4.66. The number of nitrogens with zero attached hydrogens (tertiary/aromatic N) is 3. The summed E-state index contributed by atoms with van der Waals surface area (Å²) in [4.78, 5) is 4.66. The molecular formula is C16H20N4S. The van der Waals surface area contributed by atoms with Gasteiger partial charge in [0.1, 0.15) is 5.01 Å². The van der Waals surface area contributed by atoms with Gasteiger partial charge in [-0.2, -0.15) is 5.10 Å². The molecule has 3 aromatic rings. The first-order chi connectivity index (χ1) is 10.1. The van der Waals surface area contributed by atoms with Gasteiger partial charge in [0.2, 0.25) is 0 Å². The molecule has 2 aromatic heterocycles. The lowest BCUT2D eigenvalue weighted by Crippen LogP contribution is -2.19. The summed E-state index contributed by atoms with van der Waals surface area (Å²) >= 11 is 1.75. The van der Waals surface area contributed by atoms with Gasteiger partial charge in [0.15, 0.2) is 0 Å². The fourth-order valence-electron chi connectivity index (χ4n) is 2.75. The molecule has 1 unspecified atom stereocenters. The number of para-hydroxylation sites is 1. The van der Waals surface area contributed by atoms with Crippen LogP contribution in [0.5, 0.6) is 0 Å². The van der Waals surface area contributed by atoms with Gasteiger partial charge < -0.3 is 5.32 Å². The molecule has 110 valence electrons. The fourth-order valence-corrected chi connectivity index (χ4v) is 3.67. The van der Waals surface area contributed by atoms with Crippen molar-refractivity contribution in [3.05, 3.63) is 46.2 Å². The van der Waals surface area contributed by atoms with Crippen molar-refractivity contribution >= 4 is 21.6 Å². The van der Waals surface area contributed by atoms with Crippen molar-refractivity contribution in [2.45, 2.75) is 33.4 Å². The van der Waals surface area contributed by atoms with E-state index in [0.717, 1.165) is 22.8 Å². The normalized spacial score (nSPS) is 13.0. The minimum atomic E-state index is 0.269. The molecule has 0 fully saturated rings. The number of rotatable bonds is 4. The number of aryl methyl sites for hydroxylation is 2. The third-order valence-electron chi connectivity index (χ3n) is 3.90. The van der Waals surface area contributed by atoms with E-state index in [-0.39, 0.29) is 6.04 Å². The molecule has 0 amide bonds. The van der Waals surface area contributed by atoms with Crippen molar-refractivity contribution in [2.75, 3.05) is 0 Å². The van der Waals surface area contributed by atoms with Crippen molar-refractivity contribution in [1.29, 1.82) is 0 Å². The predicted molar refractivity (Wildman–Crippen MR) is 87.6 cm³/mol. The molecule has 0 saturated heterocycles. The van der Waals surface area contributed by atoms with Crippen LogP contribution in [0.3, 0.4) is 0 Å². The Morgan fingerprint density at radius 2 is 2.05 bits per heavy atom. The fraction of sp³-hybridized carbons (Fsp3) is 0.375. The van der Waals surface area contributed by atoms with Crippen LogP contribution < -0.4 is 5.32 Å².